The van der Waals surface area contributed by atoms with Gasteiger partial charge in [-0.05, 0) is 0 Å². The van der Waals surface area contributed by atoms with Gasteiger partial charge in [0.1, 0.15) is 0 Å². The van der Waals surface area contributed by atoms with Crippen LogP contribution in [0.3, 0.4) is 0 Å². The first-order valence-corrected chi connectivity index (χ1v) is 3.82. The molecule has 85 valence electrons. The number of halogens is 3. The van der Waals surface area contributed by atoms with Crippen LogP contribution in [0.4, 0.5) is 0 Å². The van der Waals surface area contributed by atoms with Crippen molar-refractivity contribution in [3.05, 3.63) is 72.8 Å². The maximum atomic E-state index is 2.89. The van der Waals surface area contributed by atoms with Gasteiger partial charge in [-0.1, -0.05) is 0 Å². The summed E-state index contributed by atoms with van der Waals surface area (Å²) in [6.45, 7) is 0. The Kier molecular flexibility index (Phi) is 34.7. The quantitative estimate of drug-likeness (QED) is 0.213. The molecule has 0 unspecified atom stereocenters. The summed E-state index contributed by atoms with van der Waals surface area (Å²) >= 11 is 0. The smallest absolute Gasteiger partial charge is 1.00 e. The van der Waals surface area contributed by atoms with Crippen molar-refractivity contribution in [1.29, 1.82) is 0 Å². The molecular weight excluding hydrogens is 577 g/mol. The van der Waals surface area contributed by atoms with Gasteiger partial charge >= 0.3 is 17.4 Å². The van der Waals surface area contributed by atoms with E-state index in [1.54, 1.807) is 0 Å². The third kappa shape index (κ3) is 17.6. The van der Waals surface area contributed by atoms with Crippen LogP contribution in [0.25, 0.3) is 0 Å². The van der Waals surface area contributed by atoms with Gasteiger partial charge in [0.25, 0.3) is 0 Å². The Morgan fingerprint density at radius 2 is 0.688 bits per heavy atom. The zero-order chi connectivity index (χ0) is 8.49. The van der Waals surface area contributed by atoms with E-state index < -0.39 is 0 Å². The molecule has 16 heavy (non-hydrogen) atoms. The Hall–Kier alpha value is 1.16. The van der Waals surface area contributed by atoms with Crippen LogP contribution in [0.2, 0.25) is 0 Å². The molecule has 2 aromatic carbocycles. The van der Waals surface area contributed by atoms with Crippen LogP contribution in [0.15, 0.2) is 60.7 Å². The van der Waals surface area contributed by atoms with Crippen LogP contribution in [-0.4, -0.2) is 0 Å². The molecule has 0 fully saturated rings. The van der Waals surface area contributed by atoms with E-state index in [1.165, 1.54) is 0 Å². The summed E-state index contributed by atoms with van der Waals surface area (Å²) in [7, 11) is 0. The van der Waals surface area contributed by atoms with Crippen molar-refractivity contribution < 1.29 is 89.3 Å². The molecule has 0 saturated carbocycles. The zero-order valence-corrected chi connectivity index (χ0v) is 16.1. The van der Waals surface area contributed by atoms with E-state index in [2.05, 4.69) is 12.1 Å². The molecule has 0 N–H and O–H groups in total. The molecule has 2 rings (SSSR count). The zero-order valence-electron chi connectivity index (χ0n) is 8.32. The van der Waals surface area contributed by atoms with Gasteiger partial charge in [0, 0.05) is 0 Å². The molecule has 4 heteroatoms. The molecule has 0 amide bonds. The second-order valence-electron chi connectivity index (χ2n) is 2.15. The van der Waals surface area contributed by atoms with Gasteiger partial charge in [-0.15, -0.1) is 0 Å². The molecule has 1 radical (unpaired) electrons. The van der Waals surface area contributed by atoms with E-state index in [0.717, 1.165) is 0 Å². The Morgan fingerprint density at radius 1 is 0.438 bits per heavy atom. The molecule has 0 bridgehead atoms. The summed E-state index contributed by atoms with van der Waals surface area (Å²) in [6, 6.07) is 25.0. The van der Waals surface area contributed by atoms with Crippen LogP contribution in [0, 0.1) is 12.1 Å². The van der Waals surface area contributed by atoms with Gasteiger partial charge in [0.2, 0.25) is 0 Å². The third-order valence-corrected chi connectivity index (χ3v) is 1.21. The summed E-state index contributed by atoms with van der Waals surface area (Å²) in [5.74, 6) is 0. The molecule has 0 aliphatic carbocycles. The van der Waals surface area contributed by atoms with E-state index >= 15 is 0 Å². The van der Waals surface area contributed by atoms with Crippen molar-refractivity contribution in [3.8, 4) is 0 Å². The fourth-order valence-electron chi connectivity index (χ4n) is 0.684. The molecular formula is C12H10CrI3. The molecule has 0 aliphatic rings. The Labute approximate surface area is 160 Å². The average molecular weight is 587 g/mol. The molecule has 0 aliphatic heterocycles. The van der Waals surface area contributed by atoms with Crippen LogP contribution in [0.1, 0.15) is 0 Å². The van der Waals surface area contributed by atoms with Crippen molar-refractivity contribution in [2.75, 3.05) is 0 Å². The predicted molar refractivity (Wildman–Crippen MR) is 50.6 cm³/mol. The van der Waals surface area contributed by atoms with Crippen molar-refractivity contribution in [3.63, 3.8) is 0 Å². The fraction of sp³-hybridized carbons (Fsp3) is 0. The van der Waals surface area contributed by atoms with Crippen LogP contribution in [-0.2, 0) is 17.4 Å². The Bertz CT molecular complexity index is 192. The van der Waals surface area contributed by atoms with Gasteiger partial charge < -0.3 is 71.9 Å². The van der Waals surface area contributed by atoms with Gasteiger partial charge in [0.05, 0.1) is 0 Å². The summed E-state index contributed by atoms with van der Waals surface area (Å²) in [4.78, 5) is 0. The normalized spacial score (nSPS) is 6.00. The minimum absolute atomic E-state index is 0. The van der Waals surface area contributed by atoms with E-state index in [-0.39, 0.29) is 89.3 Å². The Morgan fingerprint density at radius 3 is 0.750 bits per heavy atom. The number of hydrogen-bond donors (Lipinski definition) is 0. The number of benzene rings is 2. The van der Waals surface area contributed by atoms with Crippen molar-refractivity contribution in [2.45, 2.75) is 0 Å². The van der Waals surface area contributed by atoms with E-state index in [9.17, 15) is 0 Å². The van der Waals surface area contributed by atoms with Crippen molar-refractivity contribution in [2.24, 2.45) is 0 Å². The van der Waals surface area contributed by atoms with Gasteiger partial charge in [-0.25, -0.2) is 0 Å². The fourth-order valence-corrected chi connectivity index (χ4v) is 0.684. The van der Waals surface area contributed by atoms with Crippen LogP contribution in [0.5, 0.6) is 0 Å². The maximum Gasteiger partial charge on any atom is 5.00 e. The van der Waals surface area contributed by atoms with Gasteiger partial charge in [-0.3, -0.25) is 0 Å². The molecule has 2 aromatic rings. The SMILES string of the molecule is [Cr+5].[I-].[I-].[I-].[c-]1ccccc1.[c-]1ccccc1. The van der Waals surface area contributed by atoms with E-state index in [1.807, 2.05) is 60.7 Å². The van der Waals surface area contributed by atoms with Crippen LogP contribution < -0.4 is 71.9 Å². The largest absolute Gasteiger partial charge is 5.00 e. The summed E-state index contributed by atoms with van der Waals surface area (Å²) in [5, 5.41) is 0. The number of rotatable bonds is 0. The van der Waals surface area contributed by atoms with E-state index in [4.69, 9.17) is 0 Å². The monoisotopic (exact) mass is 587 g/mol. The topological polar surface area (TPSA) is 0 Å². The predicted octanol–water partition coefficient (Wildman–Crippen LogP) is -6.02. The summed E-state index contributed by atoms with van der Waals surface area (Å²) < 4.78 is 0. The molecule has 0 saturated heterocycles. The third-order valence-electron chi connectivity index (χ3n) is 1.21. The van der Waals surface area contributed by atoms with Crippen molar-refractivity contribution >= 4 is 0 Å². The minimum atomic E-state index is 0. The molecule has 0 heterocycles. The van der Waals surface area contributed by atoms with Gasteiger partial charge in [0.15, 0.2) is 0 Å². The molecule has 0 nitrogen and oxygen atoms in total. The van der Waals surface area contributed by atoms with Crippen molar-refractivity contribution in [1.82, 2.24) is 0 Å². The summed E-state index contributed by atoms with van der Waals surface area (Å²) in [6.07, 6.45) is 0. The first-order valence-electron chi connectivity index (χ1n) is 3.82. The average Bonchev–Trinajstić information content (AvgIpc) is 2.24. The second-order valence-corrected chi connectivity index (χ2v) is 2.15. The van der Waals surface area contributed by atoms with Crippen LogP contribution >= 0.6 is 0 Å². The second kappa shape index (κ2) is 21.4. The number of hydrogen-bond acceptors (Lipinski definition) is 0. The minimum Gasteiger partial charge on any atom is -1.00 e. The molecule has 0 atom stereocenters. The molecule has 0 spiro atoms. The Balaban J connectivity index is -0.0000000720. The first-order chi connectivity index (χ1) is 6.00. The van der Waals surface area contributed by atoms with E-state index in [0.29, 0.717) is 0 Å². The summed E-state index contributed by atoms with van der Waals surface area (Å²) in [5.41, 5.74) is 0. The maximum absolute atomic E-state index is 2.89. The molecule has 0 aromatic heterocycles. The standard InChI is InChI=1S/2C6H5.Cr.3HI/c2*1-2-4-6-5-3-1;;;;/h2*1-5H;;3*1H/q2*-1;+5;;;/p-3. The first kappa shape index (κ1) is 25.9. The van der Waals surface area contributed by atoms with Gasteiger partial charge in [-0.2, -0.15) is 72.8 Å².